The highest BCUT2D eigenvalue weighted by Crippen LogP contribution is 2.23. The van der Waals surface area contributed by atoms with Crippen LogP contribution in [0.4, 0.5) is 5.69 Å². The van der Waals surface area contributed by atoms with Crippen molar-refractivity contribution in [2.45, 2.75) is 33.0 Å². The lowest BCUT2D eigenvalue weighted by molar-refractivity contribution is -0.152. The Bertz CT molecular complexity index is 796. The van der Waals surface area contributed by atoms with Crippen LogP contribution in [0.3, 0.4) is 0 Å². The minimum absolute atomic E-state index is 0.0332. The maximum Gasteiger partial charge on any atom is 0.325 e. The van der Waals surface area contributed by atoms with Gasteiger partial charge in [0.2, 0.25) is 0 Å². The fourth-order valence-electron chi connectivity index (χ4n) is 2.39. The number of ether oxygens (including phenoxy) is 2. The van der Waals surface area contributed by atoms with Gasteiger partial charge in [-0.2, -0.15) is 0 Å². The first-order chi connectivity index (χ1) is 12.8. The third kappa shape index (κ3) is 6.66. The van der Waals surface area contributed by atoms with E-state index in [0.717, 1.165) is 5.56 Å². The maximum absolute atomic E-state index is 11.9. The minimum atomic E-state index is -0.527. The Labute approximate surface area is 160 Å². The molecule has 3 N–H and O–H groups in total. The normalized spacial score (nSPS) is 11.8. The largest absolute Gasteiger partial charge is 0.489 e. The molecule has 0 unspecified atom stereocenters. The van der Waals surface area contributed by atoms with Gasteiger partial charge in [-0.15, -0.1) is 0 Å². The molecule has 27 heavy (non-hydrogen) atoms. The molecule has 0 atom stereocenters. The molecule has 0 aliphatic rings. The van der Waals surface area contributed by atoms with E-state index in [9.17, 15) is 4.79 Å². The first-order valence-corrected chi connectivity index (χ1v) is 8.77. The summed E-state index contributed by atoms with van der Waals surface area (Å²) in [6, 6.07) is 15.4. The van der Waals surface area contributed by atoms with Gasteiger partial charge in [0.1, 0.15) is 30.3 Å². The number of anilines is 1. The molecule has 2 rings (SSSR count). The number of carbonyl (C=O) groups excluding carboxylic acids is 1. The van der Waals surface area contributed by atoms with Gasteiger partial charge >= 0.3 is 5.97 Å². The molecular formula is C21H27N3O3. The summed E-state index contributed by atoms with van der Waals surface area (Å²) in [7, 11) is 1.62. The number of rotatable bonds is 7. The molecule has 6 heteroatoms. The summed E-state index contributed by atoms with van der Waals surface area (Å²) in [5.41, 5.74) is 7.93. The second-order valence-electron chi connectivity index (χ2n) is 7.03. The lowest BCUT2D eigenvalue weighted by Crippen LogP contribution is -2.28. The Kier molecular flexibility index (Phi) is 6.82. The van der Waals surface area contributed by atoms with E-state index in [1.54, 1.807) is 7.05 Å². The molecule has 0 saturated carbocycles. The Morgan fingerprint density at radius 1 is 1.15 bits per heavy atom. The van der Waals surface area contributed by atoms with Crippen LogP contribution in [-0.4, -0.2) is 31.0 Å². The van der Waals surface area contributed by atoms with E-state index in [0.29, 0.717) is 29.4 Å². The van der Waals surface area contributed by atoms with Crippen LogP contribution in [0.1, 0.15) is 31.9 Å². The fraction of sp³-hybridized carbons (Fsp3) is 0.333. The second-order valence-corrected chi connectivity index (χ2v) is 7.03. The average Bonchev–Trinajstić information content (AvgIpc) is 2.63. The molecular weight excluding hydrogens is 342 g/mol. The number of amidine groups is 1. The van der Waals surface area contributed by atoms with Gasteiger partial charge in [0.05, 0.1) is 0 Å². The summed E-state index contributed by atoms with van der Waals surface area (Å²) in [5.74, 6) is 0.681. The Balaban J connectivity index is 2.09. The van der Waals surface area contributed by atoms with Crippen molar-refractivity contribution >= 4 is 17.5 Å². The van der Waals surface area contributed by atoms with Crippen LogP contribution in [0, 0.1) is 0 Å². The molecule has 0 aliphatic carbocycles. The van der Waals surface area contributed by atoms with Crippen molar-refractivity contribution in [3.05, 3.63) is 59.7 Å². The van der Waals surface area contributed by atoms with Gasteiger partial charge in [0.15, 0.2) is 0 Å². The Hall–Kier alpha value is -3.02. The zero-order valence-electron chi connectivity index (χ0n) is 16.3. The molecule has 0 aliphatic heterocycles. The summed E-state index contributed by atoms with van der Waals surface area (Å²) in [5, 5.41) is 3.06. The number of hydrogen-bond donors (Lipinski definition) is 2. The number of carbonyl (C=O) groups is 1. The molecule has 0 aromatic heterocycles. The second kappa shape index (κ2) is 9.07. The molecule has 2 aromatic rings. The predicted molar refractivity (Wildman–Crippen MR) is 108 cm³/mol. The van der Waals surface area contributed by atoms with Crippen LogP contribution in [-0.2, 0) is 16.1 Å². The lowest BCUT2D eigenvalue weighted by Gasteiger charge is -2.20. The molecule has 0 fully saturated rings. The molecule has 0 spiro atoms. The maximum atomic E-state index is 11.9. The predicted octanol–water partition coefficient (Wildman–Crippen LogP) is 3.35. The molecule has 6 nitrogen and oxygen atoms in total. The standard InChI is InChI=1S/C21H27N3O3/c1-21(2,3)27-19(25)13-24-18-11-10-16(12-17(18)20(22)23-4)26-14-15-8-6-5-7-9-15/h5-12,24H,13-14H2,1-4H3,(H2,22,23). The summed E-state index contributed by atoms with van der Waals surface area (Å²) in [4.78, 5) is 16.0. The van der Waals surface area contributed by atoms with Crippen molar-refractivity contribution in [1.29, 1.82) is 0 Å². The number of aliphatic imine (C=N–C) groups is 1. The SMILES string of the molecule is CN=C(N)c1cc(OCc2ccccc2)ccc1NCC(=O)OC(C)(C)C. The number of esters is 1. The van der Waals surface area contributed by atoms with Crippen LogP contribution in [0.15, 0.2) is 53.5 Å². The van der Waals surface area contributed by atoms with Crippen LogP contribution >= 0.6 is 0 Å². The first-order valence-electron chi connectivity index (χ1n) is 8.77. The molecule has 144 valence electrons. The zero-order chi connectivity index (χ0) is 19.9. The van der Waals surface area contributed by atoms with Gasteiger partial charge in [0, 0.05) is 18.3 Å². The van der Waals surface area contributed by atoms with Crippen molar-refractivity contribution in [1.82, 2.24) is 0 Å². The van der Waals surface area contributed by atoms with Crippen LogP contribution in [0.25, 0.3) is 0 Å². The minimum Gasteiger partial charge on any atom is -0.489 e. The van der Waals surface area contributed by atoms with E-state index < -0.39 is 5.60 Å². The molecule has 0 bridgehead atoms. The highest BCUT2D eigenvalue weighted by atomic mass is 16.6. The highest BCUT2D eigenvalue weighted by Gasteiger charge is 2.17. The molecule has 0 radical (unpaired) electrons. The number of hydrogen-bond acceptors (Lipinski definition) is 5. The van der Waals surface area contributed by atoms with Gasteiger partial charge in [0.25, 0.3) is 0 Å². The van der Waals surface area contributed by atoms with Gasteiger partial charge in [-0.1, -0.05) is 30.3 Å². The van der Waals surface area contributed by atoms with E-state index in [2.05, 4.69) is 10.3 Å². The summed E-state index contributed by atoms with van der Waals surface area (Å²) in [6.45, 7) is 5.98. The molecule has 0 saturated heterocycles. The van der Waals surface area contributed by atoms with Gasteiger partial charge in [-0.3, -0.25) is 9.79 Å². The molecule has 0 heterocycles. The highest BCUT2D eigenvalue weighted by molar-refractivity contribution is 6.03. The summed E-state index contributed by atoms with van der Waals surface area (Å²) < 4.78 is 11.2. The van der Waals surface area contributed by atoms with Gasteiger partial charge < -0.3 is 20.5 Å². The monoisotopic (exact) mass is 369 g/mol. The van der Waals surface area contributed by atoms with E-state index in [-0.39, 0.29) is 12.5 Å². The molecule has 0 amide bonds. The summed E-state index contributed by atoms with van der Waals surface area (Å²) >= 11 is 0. The molecule has 2 aromatic carbocycles. The van der Waals surface area contributed by atoms with Crippen molar-refractivity contribution in [2.24, 2.45) is 10.7 Å². The van der Waals surface area contributed by atoms with E-state index in [1.165, 1.54) is 0 Å². The lowest BCUT2D eigenvalue weighted by atomic mass is 10.1. The number of nitrogens with zero attached hydrogens (tertiary/aromatic N) is 1. The number of nitrogens with one attached hydrogen (secondary N) is 1. The van der Waals surface area contributed by atoms with Crippen molar-refractivity contribution in [2.75, 3.05) is 18.9 Å². The quantitative estimate of drug-likeness (QED) is 0.444. The van der Waals surface area contributed by atoms with Crippen molar-refractivity contribution in [3.63, 3.8) is 0 Å². The van der Waals surface area contributed by atoms with Crippen LogP contribution in [0.5, 0.6) is 5.75 Å². The zero-order valence-corrected chi connectivity index (χ0v) is 16.3. The topological polar surface area (TPSA) is 85.9 Å². The van der Waals surface area contributed by atoms with Crippen LogP contribution < -0.4 is 15.8 Å². The van der Waals surface area contributed by atoms with Crippen molar-refractivity contribution < 1.29 is 14.3 Å². The van der Waals surface area contributed by atoms with E-state index in [4.69, 9.17) is 15.2 Å². The van der Waals surface area contributed by atoms with E-state index in [1.807, 2.05) is 69.3 Å². The van der Waals surface area contributed by atoms with Gasteiger partial charge in [-0.05, 0) is 44.5 Å². The summed E-state index contributed by atoms with van der Waals surface area (Å²) in [6.07, 6.45) is 0. The average molecular weight is 369 g/mol. The Morgan fingerprint density at radius 2 is 1.85 bits per heavy atom. The third-order valence-corrected chi connectivity index (χ3v) is 3.60. The number of nitrogens with two attached hydrogens (primary N) is 1. The van der Waals surface area contributed by atoms with Gasteiger partial charge in [-0.25, -0.2) is 0 Å². The fourth-order valence-corrected chi connectivity index (χ4v) is 2.39. The van der Waals surface area contributed by atoms with Crippen molar-refractivity contribution in [3.8, 4) is 5.75 Å². The Morgan fingerprint density at radius 3 is 2.48 bits per heavy atom. The smallest absolute Gasteiger partial charge is 0.325 e. The number of benzene rings is 2. The van der Waals surface area contributed by atoms with E-state index >= 15 is 0 Å². The first kappa shape index (κ1) is 20.3. The van der Waals surface area contributed by atoms with Crippen LogP contribution in [0.2, 0.25) is 0 Å². The third-order valence-electron chi connectivity index (χ3n) is 3.60.